The van der Waals surface area contributed by atoms with Gasteiger partial charge in [-0.3, -0.25) is 9.59 Å². The van der Waals surface area contributed by atoms with Crippen molar-refractivity contribution in [2.24, 2.45) is 0 Å². The van der Waals surface area contributed by atoms with Crippen molar-refractivity contribution in [1.29, 1.82) is 0 Å². The number of benzene rings is 1. The molecule has 14 heteroatoms. The van der Waals surface area contributed by atoms with Gasteiger partial charge in [-0.2, -0.15) is 0 Å². The van der Waals surface area contributed by atoms with Crippen LogP contribution in [0.25, 0.3) is 46.3 Å². The van der Waals surface area contributed by atoms with E-state index in [1.54, 1.807) is 18.2 Å². The monoisotopic (exact) mass is 578 g/mol. The third-order valence-corrected chi connectivity index (χ3v) is 6.63. The zero-order valence-electron chi connectivity index (χ0n) is 22.8. The molecule has 0 atom stereocenters. The molecule has 0 saturated carbocycles. The molecule has 14 nitrogen and oxygen atoms in total. The minimum absolute atomic E-state index is 0.0793. The summed E-state index contributed by atoms with van der Waals surface area (Å²) in [4.78, 5) is 49.7. The number of hydrogen-bond donors (Lipinski definition) is 2. The second kappa shape index (κ2) is 10.4. The van der Waals surface area contributed by atoms with Gasteiger partial charge in [0.05, 0.1) is 0 Å². The van der Waals surface area contributed by atoms with Gasteiger partial charge in [0.1, 0.15) is 36.4 Å². The Kier molecular flexibility index (Phi) is 6.27. The second-order valence-corrected chi connectivity index (χ2v) is 9.78. The molecule has 2 amide bonds. The van der Waals surface area contributed by atoms with Crippen LogP contribution in [-0.2, 0) is 13.1 Å². The highest BCUT2D eigenvalue weighted by Gasteiger charge is 2.21. The van der Waals surface area contributed by atoms with E-state index in [0.29, 0.717) is 22.8 Å². The Morgan fingerprint density at radius 1 is 0.605 bits per heavy atom. The van der Waals surface area contributed by atoms with Crippen LogP contribution in [0.3, 0.4) is 0 Å². The predicted octanol–water partition coefficient (Wildman–Crippen LogP) is 3.94. The van der Waals surface area contributed by atoms with Crippen LogP contribution in [-0.4, -0.2) is 50.8 Å². The summed E-state index contributed by atoms with van der Waals surface area (Å²) in [5, 5.41) is 5.73. The summed E-state index contributed by atoms with van der Waals surface area (Å²) in [7, 11) is 3.81. The van der Waals surface area contributed by atoms with Gasteiger partial charge >= 0.3 is 0 Å². The number of nitrogens with one attached hydrogen (secondary N) is 2. The molecule has 5 aromatic heterocycles. The van der Waals surface area contributed by atoms with Crippen molar-refractivity contribution in [3.8, 4) is 46.3 Å². The van der Waals surface area contributed by atoms with E-state index in [1.165, 1.54) is 25.1 Å². The topological polar surface area (TPSA) is 178 Å². The standard InChI is InChI=1S/C29H22N8O6/c1-37(2)23-7-6-15-8-16(23)10-31-25(39)20-12-41-29(34-20)22-14-43-27(36-22)18-5-3-4-17(32-18)26-35-21(13-42-26)28-33-19(11-40-28)24(38)30-9-15/h3-8,11-14H,9-10H2,1-2H3,(H,30,38)(H,31,39). The molecule has 6 heterocycles. The summed E-state index contributed by atoms with van der Waals surface area (Å²) in [5.74, 6) is -0.245. The van der Waals surface area contributed by atoms with E-state index in [0.717, 1.165) is 16.8 Å². The first kappa shape index (κ1) is 25.9. The Balaban J connectivity index is 1.26. The molecule has 1 aromatic carbocycles. The fourth-order valence-electron chi connectivity index (χ4n) is 4.51. The van der Waals surface area contributed by atoms with Crippen LogP contribution < -0.4 is 15.5 Å². The average molecular weight is 579 g/mol. The fourth-order valence-corrected chi connectivity index (χ4v) is 4.51. The van der Waals surface area contributed by atoms with E-state index in [4.69, 9.17) is 17.7 Å². The Morgan fingerprint density at radius 3 is 1.65 bits per heavy atom. The van der Waals surface area contributed by atoms with Crippen LogP contribution in [0.4, 0.5) is 5.69 Å². The summed E-state index contributed by atoms with van der Waals surface area (Å²) in [6.45, 7) is 0.427. The van der Waals surface area contributed by atoms with Crippen LogP contribution in [0.15, 0.2) is 79.1 Å². The minimum atomic E-state index is -0.432. The van der Waals surface area contributed by atoms with Gasteiger partial charge in [0.15, 0.2) is 22.8 Å². The van der Waals surface area contributed by atoms with Gasteiger partial charge in [-0.1, -0.05) is 18.2 Å². The molecule has 1 aliphatic rings. The smallest absolute Gasteiger partial charge is 0.273 e. The zero-order valence-corrected chi connectivity index (χ0v) is 22.8. The van der Waals surface area contributed by atoms with Crippen LogP contribution in [0.5, 0.6) is 0 Å². The lowest BCUT2D eigenvalue weighted by atomic mass is 10.1. The molecule has 12 bridgehead atoms. The zero-order chi connectivity index (χ0) is 29.5. The van der Waals surface area contributed by atoms with E-state index in [9.17, 15) is 9.59 Å². The third kappa shape index (κ3) is 5.01. The quantitative estimate of drug-likeness (QED) is 0.287. The number of aromatic nitrogens is 5. The Hall–Kier alpha value is -6.05. The lowest BCUT2D eigenvalue weighted by Crippen LogP contribution is -2.25. The van der Waals surface area contributed by atoms with Gasteiger partial charge in [-0.15, -0.1) is 0 Å². The number of amides is 2. The van der Waals surface area contributed by atoms with Gasteiger partial charge in [0.2, 0.25) is 23.6 Å². The van der Waals surface area contributed by atoms with Gasteiger partial charge in [-0.25, -0.2) is 24.9 Å². The summed E-state index contributed by atoms with van der Waals surface area (Å²) in [5.41, 5.74) is 4.10. The maximum absolute atomic E-state index is 13.0. The second-order valence-electron chi connectivity index (χ2n) is 9.78. The minimum Gasteiger partial charge on any atom is -0.442 e. The molecule has 0 aliphatic carbocycles. The number of fused-ring (bicyclic) bond motifs is 16. The van der Waals surface area contributed by atoms with Crippen molar-refractivity contribution in [3.05, 3.63) is 84.0 Å². The van der Waals surface area contributed by atoms with Crippen LogP contribution in [0.2, 0.25) is 0 Å². The van der Waals surface area contributed by atoms with Crippen molar-refractivity contribution < 1.29 is 27.3 Å². The number of nitrogens with zero attached hydrogens (tertiary/aromatic N) is 6. The fraction of sp³-hybridized carbons (Fsp3) is 0.138. The maximum atomic E-state index is 13.0. The summed E-state index contributed by atoms with van der Waals surface area (Å²) in [6.07, 6.45) is 5.25. The van der Waals surface area contributed by atoms with Crippen molar-refractivity contribution in [1.82, 2.24) is 35.6 Å². The lowest BCUT2D eigenvalue weighted by molar-refractivity contribution is 0.0938. The number of pyridine rings is 1. The van der Waals surface area contributed by atoms with Gasteiger partial charge in [0.25, 0.3) is 11.8 Å². The molecule has 2 N–H and O–H groups in total. The number of hydrogen-bond acceptors (Lipinski definition) is 12. The molecule has 0 saturated heterocycles. The van der Waals surface area contributed by atoms with Crippen molar-refractivity contribution in [2.45, 2.75) is 13.1 Å². The lowest BCUT2D eigenvalue weighted by Gasteiger charge is -2.19. The van der Waals surface area contributed by atoms with E-state index < -0.39 is 11.8 Å². The molecule has 1 aliphatic heterocycles. The van der Waals surface area contributed by atoms with Crippen molar-refractivity contribution in [3.63, 3.8) is 0 Å². The van der Waals surface area contributed by atoms with E-state index >= 15 is 0 Å². The summed E-state index contributed by atoms with van der Waals surface area (Å²) < 4.78 is 22.3. The van der Waals surface area contributed by atoms with Gasteiger partial charge < -0.3 is 33.2 Å². The third-order valence-electron chi connectivity index (χ3n) is 6.63. The van der Waals surface area contributed by atoms with Crippen LogP contribution >= 0.6 is 0 Å². The average Bonchev–Trinajstić information content (AvgIpc) is 3.84. The van der Waals surface area contributed by atoms with Crippen molar-refractivity contribution >= 4 is 17.5 Å². The SMILES string of the molecule is CN(C)c1ccc2cc1CNC(=O)c1coc(n1)-c1coc(n1)-c1cccc(n1)-c1nc(co1)-c1nc(co1)C(=O)NC2. The predicted molar refractivity (Wildman–Crippen MR) is 149 cm³/mol. The Labute approximate surface area is 242 Å². The highest BCUT2D eigenvalue weighted by Crippen LogP contribution is 2.28. The summed E-state index contributed by atoms with van der Waals surface area (Å²) in [6, 6.07) is 10.9. The largest absolute Gasteiger partial charge is 0.442 e. The molecule has 0 radical (unpaired) electrons. The maximum Gasteiger partial charge on any atom is 0.273 e. The highest BCUT2D eigenvalue weighted by molar-refractivity contribution is 5.93. The van der Waals surface area contributed by atoms with E-state index in [-0.39, 0.29) is 48.0 Å². The molecule has 0 spiro atoms. The normalized spacial score (nSPS) is 13.2. The number of rotatable bonds is 1. The highest BCUT2D eigenvalue weighted by atomic mass is 16.4. The van der Waals surface area contributed by atoms with E-state index in [2.05, 4.69) is 35.6 Å². The first-order valence-corrected chi connectivity index (χ1v) is 13.1. The first-order valence-electron chi connectivity index (χ1n) is 13.1. The Bertz CT molecular complexity index is 1980. The van der Waals surface area contributed by atoms with Gasteiger partial charge in [-0.05, 0) is 29.3 Å². The molecule has 43 heavy (non-hydrogen) atoms. The number of carbonyl (C=O) groups is 2. The van der Waals surface area contributed by atoms with Crippen LogP contribution in [0, 0.1) is 0 Å². The van der Waals surface area contributed by atoms with Crippen LogP contribution in [0.1, 0.15) is 32.1 Å². The molecular formula is C29H22N8O6. The molecule has 7 rings (SSSR count). The first-order chi connectivity index (χ1) is 20.9. The Morgan fingerprint density at radius 2 is 1.09 bits per heavy atom. The number of carbonyl (C=O) groups excluding carboxylic acids is 2. The molecular weight excluding hydrogens is 556 g/mol. The van der Waals surface area contributed by atoms with Crippen molar-refractivity contribution in [2.75, 3.05) is 19.0 Å². The van der Waals surface area contributed by atoms with Gasteiger partial charge in [0, 0.05) is 32.9 Å². The number of anilines is 1. The summed E-state index contributed by atoms with van der Waals surface area (Å²) >= 11 is 0. The molecule has 214 valence electrons. The molecule has 6 aromatic rings. The molecule has 0 fully saturated rings. The number of oxazole rings is 4. The molecule has 0 unspecified atom stereocenters. The van der Waals surface area contributed by atoms with E-state index in [1.807, 2.05) is 37.2 Å².